The van der Waals surface area contributed by atoms with E-state index in [0.717, 1.165) is 16.9 Å². The van der Waals surface area contributed by atoms with Crippen molar-refractivity contribution in [2.75, 3.05) is 27.2 Å². The molecule has 3 N–H and O–H groups in total. The number of aryl methyl sites for hydroxylation is 1. The second kappa shape index (κ2) is 11.8. The van der Waals surface area contributed by atoms with Crippen molar-refractivity contribution in [2.45, 2.75) is 39.8 Å². The molecule has 0 unspecified atom stereocenters. The molecule has 0 atom stereocenters. The fraction of sp³-hybridized carbons (Fsp3) is 0.556. The van der Waals surface area contributed by atoms with Gasteiger partial charge in [-0.25, -0.2) is 4.79 Å². The number of hydrogen-bond acceptors (Lipinski definition) is 4. The van der Waals surface area contributed by atoms with Gasteiger partial charge in [-0.05, 0) is 44.9 Å². The van der Waals surface area contributed by atoms with Gasteiger partial charge in [0.1, 0.15) is 11.4 Å². The van der Waals surface area contributed by atoms with Gasteiger partial charge >= 0.3 is 6.09 Å². The number of methoxy groups -OCH3 is 1. The van der Waals surface area contributed by atoms with Crippen molar-refractivity contribution >= 4 is 36.0 Å². The number of alkyl carbamates (subject to hydrolysis) is 1. The quantitative estimate of drug-likeness (QED) is 0.254. The second-order valence-electron chi connectivity index (χ2n) is 6.59. The van der Waals surface area contributed by atoms with Crippen LogP contribution in [0.25, 0.3) is 0 Å². The highest BCUT2D eigenvalue weighted by Crippen LogP contribution is 2.18. The standard InChI is InChI=1S/C18H30N4O3.HI/c1-13-11-14(7-8-15(13)24-6)12-22-16(19-5)20-9-10-21-17(23)25-18(2,3)4;/h7-8,11H,9-10,12H2,1-6H3,(H,21,23)(H2,19,20,22);1H. The van der Waals surface area contributed by atoms with Crippen LogP contribution in [-0.4, -0.2) is 44.9 Å². The largest absolute Gasteiger partial charge is 0.496 e. The molecule has 1 rings (SSSR count). The summed E-state index contributed by atoms with van der Waals surface area (Å²) in [5, 5.41) is 9.06. The van der Waals surface area contributed by atoms with Crippen molar-refractivity contribution in [1.29, 1.82) is 0 Å². The number of guanidine groups is 1. The Balaban J connectivity index is 0.00000625. The summed E-state index contributed by atoms with van der Waals surface area (Å²) in [6.45, 7) is 9.13. The Kier molecular flexibility index (Phi) is 11.0. The number of carbonyl (C=O) groups is 1. The van der Waals surface area contributed by atoms with Crippen molar-refractivity contribution in [2.24, 2.45) is 4.99 Å². The normalized spacial score (nSPS) is 11.2. The molecule has 8 heteroatoms. The molecular weight excluding hydrogens is 447 g/mol. The zero-order valence-electron chi connectivity index (χ0n) is 16.4. The Morgan fingerprint density at radius 1 is 1.15 bits per heavy atom. The lowest BCUT2D eigenvalue weighted by molar-refractivity contribution is 0.0529. The molecule has 7 nitrogen and oxygen atoms in total. The minimum Gasteiger partial charge on any atom is -0.496 e. The highest BCUT2D eigenvalue weighted by Gasteiger charge is 2.15. The van der Waals surface area contributed by atoms with Crippen molar-refractivity contribution in [1.82, 2.24) is 16.0 Å². The highest BCUT2D eigenvalue weighted by molar-refractivity contribution is 14.0. The summed E-state index contributed by atoms with van der Waals surface area (Å²) in [5.74, 6) is 1.54. The van der Waals surface area contributed by atoms with Crippen LogP contribution in [0.3, 0.4) is 0 Å². The molecule has 0 spiro atoms. The van der Waals surface area contributed by atoms with Gasteiger partial charge in [-0.3, -0.25) is 4.99 Å². The fourth-order valence-electron chi connectivity index (χ4n) is 2.12. The predicted octanol–water partition coefficient (Wildman–Crippen LogP) is 2.81. The van der Waals surface area contributed by atoms with E-state index in [1.54, 1.807) is 14.2 Å². The lowest BCUT2D eigenvalue weighted by Gasteiger charge is -2.20. The molecule has 148 valence electrons. The van der Waals surface area contributed by atoms with Crippen molar-refractivity contribution in [3.8, 4) is 5.75 Å². The summed E-state index contributed by atoms with van der Waals surface area (Å²) >= 11 is 0. The summed E-state index contributed by atoms with van der Waals surface area (Å²) in [6, 6.07) is 6.03. The number of hydrogen-bond donors (Lipinski definition) is 3. The fourth-order valence-corrected chi connectivity index (χ4v) is 2.12. The second-order valence-corrected chi connectivity index (χ2v) is 6.59. The van der Waals surface area contributed by atoms with E-state index in [1.165, 1.54) is 0 Å². The number of nitrogens with zero attached hydrogens (tertiary/aromatic N) is 1. The van der Waals surface area contributed by atoms with Gasteiger partial charge in [0, 0.05) is 26.7 Å². The molecule has 1 aromatic rings. The number of benzene rings is 1. The summed E-state index contributed by atoms with van der Waals surface area (Å²) in [4.78, 5) is 15.7. The van der Waals surface area contributed by atoms with Gasteiger partial charge < -0.3 is 25.4 Å². The number of carbonyl (C=O) groups excluding carboxylic acids is 1. The van der Waals surface area contributed by atoms with E-state index >= 15 is 0 Å². The molecule has 0 bridgehead atoms. The average molecular weight is 478 g/mol. The van der Waals surface area contributed by atoms with Gasteiger partial charge in [0.25, 0.3) is 0 Å². The highest BCUT2D eigenvalue weighted by atomic mass is 127. The van der Waals surface area contributed by atoms with E-state index in [9.17, 15) is 4.79 Å². The van der Waals surface area contributed by atoms with Crippen molar-refractivity contribution < 1.29 is 14.3 Å². The van der Waals surface area contributed by atoms with Crippen LogP contribution in [0.5, 0.6) is 5.75 Å². The third-order valence-electron chi connectivity index (χ3n) is 3.23. The Labute approximate surface area is 173 Å². The van der Waals surface area contributed by atoms with E-state index in [-0.39, 0.29) is 24.0 Å². The Morgan fingerprint density at radius 2 is 1.81 bits per heavy atom. The molecule has 0 saturated carbocycles. The number of aliphatic imine (C=N–C) groups is 1. The smallest absolute Gasteiger partial charge is 0.407 e. The first-order chi connectivity index (χ1) is 11.7. The minimum absolute atomic E-state index is 0. The minimum atomic E-state index is -0.494. The number of nitrogens with one attached hydrogen (secondary N) is 3. The summed E-state index contributed by atoms with van der Waals surface area (Å²) in [5.41, 5.74) is 1.73. The van der Waals surface area contributed by atoms with Gasteiger partial charge in [-0.15, -0.1) is 24.0 Å². The maximum Gasteiger partial charge on any atom is 0.407 e. The zero-order valence-corrected chi connectivity index (χ0v) is 18.8. The van der Waals surface area contributed by atoms with Gasteiger partial charge in [0.15, 0.2) is 5.96 Å². The van der Waals surface area contributed by atoms with Gasteiger partial charge in [-0.2, -0.15) is 0 Å². The van der Waals surface area contributed by atoms with Crippen LogP contribution in [0.15, 0.2) is 23.2 Å². The first-order valence-electron chi connectivity index (χ1n) is 8.30. The number of amides is 1. The van der Waals surface area contributed by atoms with Crippen molar-refractivity contribution in [3.63, 3.8) is 0 Å². The SMILES string of the molecule is CN=C(NCCNC(=O)OC(C)(C)C)NCc1ccc(OC)c(C)c1.I. The van der Waals surface area contributed by atoms with E-state index in [1.807, 2.05) is 39.8 Å². The molecule has 1 amide bonds. The van der Waals surface area contributed by atoms with E-state index < -0.39 is 11.7 Å². The van der Waals surface area contributed by atoms with Crippen LogP contribution in [0.2, 0.25) is 0 Å². The molecule has 26 heavy (non-hydrogen) atoms. The third-order valence-corrected chi connectivity index (χ3v) is 3.23. The Hall–Kier alpha value is -1.71. The molecule has 0 aliphatic rings. The molecule has 1 aromatic carbocycles. The van der Waals surface area contributed by atoms with Gasteiger partial charge in [-0.1, -0.05) is 12.1 Å². The van der Waals surface area contributed by atoms with E-state index in [2.05, 4.69) is 27.0 Å². The van der Waals surface area contributed by atoms with E-state index in [4.69, 9.17) is 9.47 Å². The molecule has 0 saturated heterocycles. The maximum absolute atomic E-state index is 11.6. The summed E-state index contributed by atoms with van der Waals surface area (Å²) in [6.07, 6.45) is -0.425. The molecule has 0 heterocycles. The summed E-state index contributed by atoms with van der Waals surface area (Å²) < 4.78 is 10.4. The summed E-state index contributed by atoms with van der Waals surface area (Å²) in [7, 11) is 3.37. The Morgan fingerprint density at radius 3 is 2.35 bits per heavy atom. The van der Waals surface area contributed by atoms with Crippen LogP contribution < -0.4 is 20.7 Å². The lowest BCUT2D eigenvalue weighted by atomic mass is 10.1. The number of rotatable bonds is 6. The van der Waals surface area contributed by atoms with Gasteiger partial charge in [0.2, 0.25) is 0 Å². The molecule has 0 aromatic heterocycles. The monoisotopic (exact) mass is 478 g/mol. The zero-order chi connectivity index (χ0) is 18.9. The predicted molar refractivity (Wildman–Crippen MR) is 116 cm³/mol. The number of ether oxygens (including phenoxy) is 2. The van der Waals surface area contributed by atoms with Crippen LogP contribution in [-0.2, 0) is 11.3 Å². The van der Waals surface area contributed by atoms with Crippen molar-refractivity contribution in [3.05, 3.63) is 29.3 Å². The van der Waals surface area contributed by atoms with Crippen LogP contribution in [0.1, 0.15) is 31.9 Å². The van der Waals surface area contributed by atoms with Crippen LogP contribution in [0, 0.1) is 6.92 Å². The molecule has 0 aliphatic carbocycles. The molecular formula is C18H31IN4O3. The topological polar surface area (TPSA) is 84.0 Å². The van der Waals surface area contributed by atoms with Crippen LogP contribution >= 0.6 is 24.0 Å². The molecule has 0 aliphatic heterocycles. The average Bonchev–Trinajstić information content (AvgIpc) is 2.52. The maximum atomic E-state index is 11.6. The first-order valence-corrected chi connectivity index (χ1v) is 8.30. The van der Waals surface area contributed by atoms with Crippen LogP contribution in [0.4, 0.5) is 4.79 Å². The van der Waals surface area contributed by atoms with Gasteiger partial charge in [0.05, 0.1) is 7.11 Å². The Bertz CT molecular complexity index is 601. The molecule has 0 radical (unpaired) electrons. The third kappa shape index (κ3) is 9.69. The molecule has 0 fully saturated rings. The lowest BCUT2D eigenvalue weighted by Crippen LogP contribution is -2.42. The number of halogens is 1. The first kappa shape index (κ1) is 24.3. The van der Waals surface area contributed by atoms with E-state index in [0.29, 0.717) is 25.6 Å².